The van der Waals surface area contributed by atoms with Crippen molar-refractivity contribution >= 4 is 17.9 Å². The fraction of sp³-hybridized carbons (Fsp3) is 0.500. The van der Waals surface area contributed by atoms with Crippen molar-refractivity contribution in [3.63, 3.8) is 0 Å². The van der Waals surface area contributed by atoms with E-state index in [1.807, 2.05) is 69.3 Å². The van der Waals surface area contributed by atoms with E-state index in [0.29, 0.717) is 30.4 Å². The van der Waals surface area contributed by atoms with Crippen molar-refractivity contribution < 1.29 is 33.4 Å². The first-order valence-electron chi connectivity index (χ1n) is 13.3. The molecule has 2 aromatic rings. The van der Waals surface area contributed by atoms with E-state index in [1.54, 1.807) is 32.8 Å². The fourth-order valence-corrected chi connectivity index (χ4v) is 3.88. The number of nitrogens with zero attached hydrogens (tertiary/aromatic N) is 2. The van der Waals surface area contributed by atoms with Crippen molar-refractivity contribution in [1.29, 1.82) is 0 Å². The van der Waals surface area contributed by atoms with Gasteiger partial charge < -0.3 is 34.0 Å². The minimum atomic E-state index is -0.631. The first-order valence-corrected chi connectivity index (χ1v) is 13.3. The summed E-state index contributed by atoms with van der Waals surface area (Å²) in [5.74, 6) is 0.947. The number of rotatable bonds is 9. The van der Waals surface area contributed by atoms with Gasteiger partial charge in [-0.05, 0) is 64.8 Å². The van der Waals surface area contributed by atoms with E-state index in [1.165, 1.54) is 0 Å². The molecule has 1 atom stereocenters. The number of amides is 2. The summed E-state index contributed by atoms with van der Waals surface area (Å²) in [6.07, 6.45) is -0.985. The van der Waals surface area contributed by atoms with Crippen LogP contribution in [-0.2, 0) is 27.5 Å². The lowest BCUT2D eigenvalue weighted by atomic mass is 10.1. The van der Waals surface area contributed by atoms with Crippen molar-refractivity contribution in [3.05, 3.63) is 59.7 Å². The average molecular weight is 556 g/mol. The number of alkyl carbamates (subject to hydrolysis) is 1. The lowest BCUT2D eigenvalue weighted by Gasteiger charge is -2.24. The number of carbonyl (C=O) groups excluding carboxylic acids is 2. The molecule has 10 heteroatoms. The van der Waals surface area contributed by atoms with E-state index in [2.05, 4.69) is 10.5 Å². The van der Waals surface area contributed by atoms with Gasteiger partial charge in [0.05, 0.1) is 19.4 Å². The molecule has 10 nitrogen and oxygen atoms in total. The molecule has 1 unspecified atom stereocenters. The smallest absolute Gasteiger partial charge is 0.410 e. The van der Waals surface area contributed by atoms with Crippen molar-refractivity contribution in [1.82, 2.24) is 10.2 Å². The number of methoxy groups -OCH3 is 1. The Bertz CT molecular complexity index is 1170. The summed E-state index contributed by atoms with van der Waals surface area (Å²) in [4.78, 5) is 32.1. The van der Waals surface area contributed by atoms with Crippen LogP contribution in [0.25, 0.3) is 0 Å². The van der Waals surface area contributed by atoms with Crippen molar-refractivity contribution in [2.24, 2.45) is 11.1 Å². The number of nitrogens with one attached hydrogen (secondary N) is 1. The summed E-state index contributed by atoms with van der Waals surface area (Å²) < 4.78 is 22.3. The molecule has 1 saturated heterocycles. The summed E-state index contributed by atoms with van der Waals surface area (Å²) in [7, 11) is 1.58. The van der Waals surface area contributed by atoms with Crippen molar-refractivity contribution in [3.8, 4) is 11.5 Å². The second-order valence-corrected chi connectivity index (χ2v) is 11.6. The largest absolute Gasteiger partial charge is 0.493 e. The van der Waals surface area contributed by atoms with Gasteiger partial charge in [0.15, 0.2) is 11.5 Å². The minimum absolute atomic E-state index is 0.178. The van der Waals surface area contributed by atoms with Gasteiger partial charge in [0.1, 0.15) is 24.4 Å². The Hall–Kier alpha value is -3.95. The lowest BCUT2D eigenvalue weighted by Crippen LogP contribution is -2.38. The van der Waals surface area contributed by atoms with E-state index in [4.69, 9.17) is 23.8 Å². The Morgan fingerprint density at radius 3 is 2.27 bits per heavy atom. The highest BCUT2D eigenvalue weighted by Crippen LogP contribution is 2.29. The van der Waals surface area contributed by atoms with Gasteiger partial charge in [-0.15, -0.1) is 0 Å². The summed E-state index contributed by atoms with van der Waals surface area (Å²) in [6, 6.07) is 15.4. The van der Waals surface area contributed by atoms with Gasteiger partial charge in [0.2, 0.25) is 0 Å². The minimum Gasteiger partial charge on any atom is -0.493 e. The topological polar surface area (TPSA) is 108 Å². The lowest BCUT2D eigenvalue weighted by molar-refractivity contribution is 0.0292. The van der Waals surface area contributed by atoms with Crippen LogP contribution in [0.5, 0.6) is 11.5 Å². The van der Waals surface area contributed by atoms with E-state index in [-0.39, 0.29) is 25.6 Å². The van der Waals surface area contributed by atoms with Crippen LogP contribution in [-0.4, -0.2) is 60.7 Å². The van der Waals surface area contributed by atoms with E-state index >= 15 is 0 Å². The Morgan fingerprint density at radius 1 is 0.925 bits per heavy atom. The molecule has 40 heavy (non-hydrogen) atoms. The molecule has 1 heterocycles. The molecule has 0 aliphatic carbocycles. The molecule has 1 aliphatic heterocycles. The average Bonchev–Trinajstić information content (AvgIpc) is 3.28. The molecule has 1 fully saturated rings. The van der Waals surface area contributed by atoms with E-state index in [9.17, 15) is 9.59 Å². The first kappa shape index (κ1) is 30.6. The fourth-order valence-electron chi connectivity index (χ4n) is 3.88. The van der Waals surface area contributed by atoms with Crippen molar-refractivity contribution in [2.45, 2.75) is 66.0 Å². The number of carbonyl (C=O) groups is 2. The molecule has 2 aromatic carbocycles. The maximum Gasteiger partial charge on any atom is 0.410 e. The molecule has 0 radical (unpaired) electrons. The highest BCUT2D eigenvalue weighted by Gasteiger charge is 2.35. The van der Waals surface area contributed by atoms with E-state index in [0.717, 1.165) is 11.1 Å². The SMILES string of the molecule is COc1cc(CO/N=C2\CN(C(=O)OC(C)(C)C)CC2CNC(=O)OC(C)(C)C)ccc1OCc1ccccc1. The third-order valence-corrected chi connectivity index (χ3v) is 5.69. The third kappa shape index (κ3) is 9.98. The molecule has 0 aromatic heterocycles. The predicted octanol–water partition coefficient (Wildman–Crippen LogP) is 5.54. The Balaban J connectivity index is 1.64. The monoisotopic (exact) mass is 555 g/mol. The quantitative estimate of drug-likeness (QED) is 0.405. The number of oxime groups is 1. The zero-order valence-corrected chi connectivity index (χ0v) is 24.5. The molecule has 1 aliphatic rings. The van der Waals surface area contributed by atoms with Gasteiger partial charge >= 0.3 is 12.2 Å². The van der Waals surface area contributed by atoms with Gasteiger partial charge in [-0.3, -0.25) is 0 Å². The number of likely N-dealkylation sites (tertiary alicyclic amines) is 1. The Morgan fingerprint density at radius 2 is 1.62 bits per heavy atom. The normalized spacial score (nSPS) is 16.4. The van der Waals surface area contributed by atoms with Crippen LogP contribution < -0.4 is 14.8 Å². The Labute approximate surface area is 236 Å². The van der Waals surface area contributed by atoms with Crippen LogP contribution in [0.2, 0.25) is 0 Å². The van der Waals surface area contributed by atoms with Crippen molar-refractivity contribution in [2.75, 3.05) is 26.7 Å². The Kier molecular flexibility index (Phi) is 10.3. The van der Waals surface area contributed by atoms with Gasteiger partial charge in [-0.1, -0.05) is 41.6 Å². The van der Waals surface area contributed by atoms with Gasteiger partial charge in [0, 0.05) is 19.0 Å². The molecule has 218 valence electrons. The second-order valence-electron chi connectivity index (χ2n) is 11.6. The van der Waals surface area contributed by atoms with Crippen LogP contribution >= 0.6 is 0 Å². The summed E-state index contributed by atoms with van der Waals surface area (Å²) in [5, 5.41) is 7.10. The third-order valence-electron chi connectivity index (χ3n) is 5.69. The zero-order chi connectivity index (χ0) is 29.3. The number of ether oxygens (including phenoxy) is 4. The molecular formula is C30H41N3O7. The maximum absolute atomic E-state index is 12.7. The van der Waals surface area contributed by atoms with Crippen LogP contribution in [0, 0.1) is 5.92 Å². The number of hydrogen-bond donors (Lipinski definition) is 1. The number of benzene rings is 2. The van der Waals surface area contributed by atoms with E-state index < -0.39 is 23.4 Å². The molecule has 2 amide bonds. The highest BCUT2D eigenvalue weighted by atomic mass is 16.6. The summed E-state index contributed by atoms with van der Waals surface area (Å²) in [5.41, 5.74) is 1.26. The zero-order valence-electron chi connectivity index (χ0n) is 24.5. The van der Waals surface area contributed by atoms with Gasteiger partial charge in [-0.25, -0.2) is 9.59 Å². The standard InChI is InChI=1S/C30H41N3O7/c1-29(2,3)39-27(34)31-16-23-17-33(28(35)40-30(4,5)6)18-24(23)32-38-20-22-13-14-25(26(15-22)36-7)37-19-21-11-9-8-10-12-21/h8-15,23H,16-20H2,1-7H3,(H,31,34)/b32-24+. The maximum atomic E-state index is 12.7. The molecular weight excluding hydrogens is 514 g/mol. The highest BCUT2D eigenvalue weighted by molar-refractivity contribution is 5.94. The second kappa shape index (κ2) is 13.4. The molecule has 3 rings (SSSR count). The number of hydrogen-bond acceptors (Lipinski definition) is 8. The van der Waals surface area contributed by atoms with Crippen LogP contribution in [0.4, 0.5) is 9.59 Å². The van der Waals surface area contributed by atoms with Crippen LogP contribution in [0.3, 0.4) is 0 Å². The van der Waals surface area contributed by atoms with Crippen LogP contribution in [0.15, 0.2) is 53.7 Å². The van der Waals surface area contributed by atoms with Gasteiger partial charge in [-0.2, -0.15) is 0 Å². The molecule has 1 N–H and O–H groups in total. The molecule has 0 saturated carbocycles. The first-order chi connectivity index (χ1) is 18.8. The predicted molar refractivity (Wildman–Crippen MR) is 152 cm³/mol. The molecule has 0 spiro atoms. The summed E-state index contributed by atoms with van der Waals surface area (Å²) >= 11 is 0. The summed E-state index contributed by atoms with van der Waals surface area (Å²) in [6.45, 7) is 12.2. The van der Waals surface area contributed by atoms with Gasteiger partial charge in [0.25, 0.3) is 0 Å². The van der Waals surface area contributed by atoms with Crippen LogP contribution in [0.1, 0.15) is 52.7 Å². The molecule has 0 bridgehead atoms.